The predicted octanol–water partition coefficient (Wildman–Crippen LogP) is 3.98. The van der Waals surface area contributed by atoms with Gasteiger partial charge in [-0.25, -0.2) is 0 Å². The topological polar surface area (TPSA) is 77.3 Å². The predicted molar refractivity (Wildman–Crippen MR) is 115 cm³/mol. The van der Waals surface area contributed by atoms with Crippen molar-refractivity contribution in [2.45, 2.75) is 18.1 Å². The van der Waals surface area contributed by atoms with Gasteiger partial charge in [-0.05, 0) is 30.7 Å². The molecule has 154 valence electrons. The zero-order valence-electron chi connectivity index (χ0n) is 16.2. The highest BCUT2D eigenvalue weighted by Gasteiger charge is 2.35. The number of nitrogens with zero attached hydrogens (tertiary/aromatic N) is 4. The molecule has 0 radical (unpaired) electrons. The van der Waals surface area contributed by atoms with Gasteiger partial charge in [-0.1, -0.05) is 47.6 Å². The number of benzene rings is 2. The third-order valence-electron chi connectivity index (χ3n) is 4.76. The Balaban J connectivity index is 1.58. The Hall–Kier alpha value is -2.68. The lowest BCUT2D eigenvalue weighted by Crippen LogP contribution is -2.29. The maximum Gasteiger partial charge on any atom is 0.262 e. The monoisotopic (exact) mass is 442 g/mol. The van der Waals surface area contributed by atoms with Crippen LogP contribution in [-0.4, -0.2) is 51.1 Å². The molecule has 7 nitrogen and oxygen atoms in total. The van der Waals surface area contributed by atoms with Crippen molar-refractivity contribution in [3.05, 3.63) is 64.7 Å². The van der Waals surface area contributed by atoms with Gasteiger partial charge in [-0.15, -0.1) is 10.2 Å². The van der Waals surface area contributed by atoms with Crippen molar-refractivity contribution in [1.29, 1.82) is 0 Å². The van der Waals surface area contributed by atoms with Gasteiger partial charge >= 0.3 is 0 Å². The van der Waals surface area contributed by atoms with Crippen LogP contribution < -0.4 is 0 Å². The summed E-state index contributed by atoms with van der Waals surface area (Å²) in [6, 6.07) is 14.3. The van der Waals surface area contributed by atoms with Crippen LogP contribution in [0.4, 0.5) is 0 Å². The first-order valence-electron chi connectivity index (χ1n) is 9.37. The molecule has 2 amide bonds. The van der Waals surface area contributed by atoms with E-state index in [0.29, 0.717) is 40.3 Å². The van der Waals surface area contributed by atoms with Crippen LogP contribution >= 0.6 is 23.4 Å². The zero-order chi connectivity index (χ0) is 21.1. The van der Waals surface area contributed by atoms with Crippen molar-refractivity contribution in [2.75, 3.05) is 19.6 Å². The molecule has 0 fully saturated rings. The molecule has 0 N–H and O–H groups in total. The standard InChI is InChI=1S/C21H19ClN4O3S/c1-29-12-6-11-25-18(16-9-4-5-10-17(16)22)23-24-21(25)30-13-26-19(27)14-7-2-3-8-15(14)20(26)28/h2-5,7-10H,6,11-13H2,1H3. The Morgan fingerprint density at radius 3 is 2.23 bits per heavy atom. The minimum Gasteiger partial charge on any atom is -0.385 e. The first kappa shape index (κ1) is 20.6. The minimum atomic E-state index is -0.292. The summed E-state index contributed by atoms with van der Waals surface area (Å²) < 4.78 is 7.12. The van der Waals surface area contributed by atoms with Crippen LogP contribution in [0.5, 0.6) is 0 Å². The Morgan fingerprint density at radius 1 is 0.967 bits per heavy atom. The zero-order valence-corrected chi connectivity index (χ0v) is 17.8. The number of carbonyl (C=O) groups is 2. The molecule has 0 spiro atoms. The summed E-state index contributed by atoms with van der Waals surface area (Å²) >= 11 is 7.65. The van der Waals surface area contributed by atoms with Crippen LogP contribution in [-0.2, 0) is 11.3 Å². The second kappa shape index (κ2) is 8.99. The number of imide groups is 1. The second-order valence-electron chi connectivity index (χ2n) is 6.64. The van der Waals surface area contributed by atoms with Crippen LogP contribution in [0.3, 0.4) is 0 Å². The quantitative estimate of drug-likeness (QED) is 0.298. The van der Waals surface area contributed by atoms with Crippen molar-refractivity contribution in [3.63, 3.8) is 0 Å². The molecule has 0 aliphatic carbocycles. The lowest BCUT2D eigenvalue weighted by Gasteiger charge is -2.14. The van der Waals surface area contributed by atoms with E-state index in [1.807, 2.05) is 22.8 Å². The van der Waals surface area contributed by atoms with Gasteiger partial charge in [0, 0.05) is 25.8 Å². The molecule has 0 bridgehead atoms. The van der Waals surface area contributed by atoms with E-state index in [0.717, 1.165) is 12.0 Å². The fourth-order valence-electron chi connectivity index (χ4n) is 3.28. The molecule has 1 aliphatic rings. The van der Waals surface area contributed by atoms with Gasteiger partial charge in [-0.2, -0.15) is 0 Å². The average Bonchev–Trinajstić information content (AvgIpc) is 3.26. The number of halogens is 1. The Morgan fingerprint density at radius 2 is 1.60 bits per heavy atom. The molecule has 0 atom stereocenters. The number of ether oxygens (including phenoxy) is 1. The van der Waals surface area contributed by atoms with Crippen molar-refractivity contribution in [3.8, 4) is 11.4 Å². The fourth-order valence-corrected chi connectivity index (χ4v) is 4.42. The number of fused-ring (bicyclic) bond motifs is 1. The van der Waals surface area contributed by atoms with Crippen molar-refractivity contribution >= 4 is 35.2 Å². The molecule has 0 saturated heterocycles. The summed E-state index contributed by atoms with van der Waals surface area (Å²) in [7, 11) is 1.65. The van der Waals surface area contributed by atoms with Crippen LogP contribution in [0.15, 0.2) is 53.7 Å². The average molecular weight is 443 g/mol. The summed E-state index contributed by atoms with van der Waals surface area (Å²) in [5, 5.41) is 9.81. The summed E-state index contributed by atoms with van der Waals surface area (Å²) in [4.78, 5) is 26.5. The van der Waals surface area contributed by atoms with Crippen LogP contribution in [0.25, 0.3) is 11.4 Å². The molecule has 0 saturated carbocycles. The third-order valence-corrected chi connectivity index (χ3v) is 6.04. The summed E-state index contributed by atoms with van der Waals surface area (Å²) in [5.41, 5.74) is 1.64. The molecule has 1 aromatic heterocycles. The molecule has 2 aromatic carbocycles. The van der Waals surface area contributed by atoms with E-state index in [2.05, 4.69) is 10.2 Å². The molecule has 3 aromatic rings. The number of thioether (sulfide) groups is 1. The van der Waals surface area contributed by atoms with Gasteiger partial charge in [0.25, 0.3) is 11.8 Å². The van der Waals surface area contributed by atoms with Gasteiger partial charge in [-0.3, -0.25) is 14.5 Å². The summed E-state index contributed by atoms with van der Waals surface area (Å²) in [5.74, 6) is 0.207. The van der Waals surface area contributed by atoms with E-state index >= 15 is 0 Å². The van der Waals surface area contributed by atoms with Crippen LogP contribution in [0.1, 0.15) is 27.1 Å². The number of hydrogen-bond acceptors (Lipinski definition) is 6. The van der Waals surface area contributed by atoms with Crippen LogP contribution in [0.2, 0.25) is 5.02 Å². The molecule has 1 aliphatic heterocycles. The maximum atomic E-state index is 12.6. The maximum absolute atomic E-state index is 12.6. The smallest absolute Gasteiger partial charge is 0.262 e. The van der Waals surface area contributed by atoms with Gasteiger partial charge in [0.1, 0.15) is 0 Å². The van der Waals surface area contributed by atoms with Gasteiger partial charge < -0.3 is 9.30 Å². The number of methoxy groups -OCH3 is 1. The number of aromatic nitrogens is 3. The van der Waals surface area contributed by atoms with E-state index < -0.39 is 0 Å². The Kier molecular flexibility index (Phi) is 6.17. The van der Waals surface area contributed by atoms with E-state index in [-0.39, 0.29) is 17.7 Å². The fraction of sp³-hybridized carbons (Fsp3) is 0.238. The van der Waals surface area contributed by atoms with E-state index in [9.17, 15) is 9.59 Å². The molecule has 0 unspecified atom stereocenters. The van der Waals surface area contributed by atoms with Gasteiger partial charge in [0.15, 0.2) is 11.0 Å². The lowest BCUT2D eigenvalue weighted by atomic mass is 10.1. The normalized spacial score (nSPS) is 13.2. The third kappa shape index (κ3) is 3.86. The number of amides is 2. The lowest BCUT2D eigenvalue weighted by molar-refractivity contribution is 0.0684. The van der Waals surface area contributed by atoms with E-state index in [1.165, 1.54) is 16.7 Å². The molecular weight excluding hydrogens is 424 g/mol. The number of hydrogen-bond donors (Lipinski definition) is 0. The van der Waals surface area contributed by atoms with Crippen molar-refractivity contribution < 1.29 is 14.3 Å². The van der Waals surface area contributed by atoms with E-state index in [1.54, 1.807) is 37.4 Å². The van der Waals surface area contributed by atoms with Gasteiger partial charge in [0.05, 0.1) is 22.0 Å². The highest BCUT2D eigenvalue weighted by molar-refractivity contribution is 7.99. The molecule has 4 rings (SSSR count). The highest BCUT2D eigenvalue weighted by atomic mass is 35.5. The van der Waals surface area contributed by atoms with Crippen molar-refractivity contribution in [2.24, 2.45) is 0 Å². The largest absolute Gasteiger partial charge is 0.385 e. The van der Waals surface area contributed by atoms with Crippen LogP contribution in [0, 0.1) is 0 Å². The first-order valence-corrected chi connectivity index (χ1v) is 10.7. The Labute approximate surface area is 183 Å². The second-order valence-corrected chi connectivity index (χ2v) is 7.96. The molecule has 9 heteroatoms. The minimum absolute atomic E-state index is 0.150. The number of carbonyl (C=O) groups excluding carboxylic acids is 2. The number of rotatable bonds is 8. The summed E-state index contributed by atoms with van der Waals surface area (Å²) in [6.45, 7) is 1.20. The SMILES string of the molecule is COCCCn1c(SCN2C(=O)c3ccccc3C2=O)nnc1-c1ccccc1Cl. The molecular formula is C21H19ClN4O3S. The molecule has 2 heterocycles. The highest BCUT2D eigenvalue weighted by Crippen LogP contribution is 2.31. The Bertz CT molecular complexity index is 1070. The first-order chi connectivity index (χ1) is 14.6. The molecule has 30 heavy (non-hydrogen) atoms. The summed E-state index contributed by atoms with van der Waals surface area (Å²) in [6.07, 6.45) is 0.757. The van der Waals surface area contributed by atoms with Crippen molar-refractivity contribution in [1.82, 2.24) is 19.7 Å². The van der Waals surface area contributed by atoms with Gasteiger partial charge in [0.2, 0.25) is 0 Å². The van der Waals surface area contributed by atoms with E-state index in [4.69, 9.17) is 16.3 Å².